The number of para-hydroxylation sites is 2. The molecule has 0 spiro atoms. The summed E-state index contributed by atoms with van der Waals surface area (Å²) in [5.41, 5.74) is 1.99. The lowest BCUT2D eigenvalue weighted by Crippen LogP contribution is -2.40. The van der Waals surface area contributed by atoms with Gasteiger partial charge < -0.3 is 24.8 Å². The van der Waals surface area contributed by atoms with Gasteiger partial charge in [-0.1, -0.05) is 12.1 Å². The van der Waals surface area contributed by atoms with Crippen molar-refractivity contribution in [2.75, 3.05) is 30.0 Å². The first-order valence-corrected chi connectivity index (χ1v) is 8.71. The van der Waals surface area contributed by atoms with E-state index in [-0.39, 0.29) is 31.4 Å². The number of benzene rings is 2. The van der Waals surface area contributed by atoms with Crippen molar-refractivity contribution in [2.45, 2.75) is 13.3 Å². The SMILES string of the molecule is Cc1cc(OCC(=O)O)ccc1NC(=O)CCN1C(=O)COc2ccccc21. The number of carbonyl (C=O) groups excluding carboxylic acids is 2. The number of amides is 2. The molecule has 2 amide bonds. The molecule has 0 saturated heterocycles. The van der Waals surface area contributed by atoms with Gasteiger partial charge in [0.2, 0.25) is 5.91 Å². The molecule has 0 fully saturated rings. The van der Waals surface area contributed by atoms with Crippen LogP contribution in [0.2, 0.25) is 0 Å². The molecule has 146 valence electrons. The summed E-state index contributed by atoms with van der Waals surface area (Å²) in [5.74, 6) is -0.459. The van der Waals surface area contributed by atoms with Crippen molar-refractivity contribution >= 4 is 29.2 Å². The minimum Gasteiger partial charge on any atom is -0.482 e. The molecule has 1 aliphatic rings. The monoisotopic (exact) mass is 384 g/mol. The summed E-state index contributed by atoms with van der Waals surface area (Å²) in [5, 5.41) is 11.4. The lowest BCUT2D eigenvalue weighted by atomic mass is 10.2. The Morgan fingerprint density at radius 3 is 2.79 bits per heavy atom. The minimum atomic E-state index is -1.06. The van der Waals surface area contributed by atoms with E-state index in [2.05, 4.69) is 5.32 Å². The number of aliphatic carboxylic acids is 1. The van der Waals surface area contributed by atoms with Crippen molar-refractivity contribution in [3.8, 4) is 11.5 Å². The van der Waals surface area contributed by atoms with Crippen molar-refractivity contribution in [1.82, 2.24) is 0 Å². The van der Waals surface area contributed by atoms with Crippen LogP contribution in [-0.4, -0.2) is 42.6 Å². The number of aryl methyl sites for hydroxylation is 1. The molecule has 0 saturated carbocycles. The number of carboxylic acids is 1. The highest BCUT2D eigenvalue weighted by molar-refractivity contribution is 5.99. The zero-order valence-electron chi connectivity index (χ0n) is 15.3. The van der Waals surface area contributed by atoms with Crippen LogP contribution in [-0.2, 0) is 14.4 Å². The van der Waals surface area contributed by atoms with E-state index in [1.54, 1.807) is 42.2 Å². The Labute approximate surface area is 161 Å². The smallest absolute Gasteiger partial charge is 0.341 e. The van der Waals surface area contributed by atoms with Crippen LogP contribution in [0.1, 0.15) is 12.0 Å². The van der Waals surface area contributed by atoms with E-state index in [0.29, 0.717) is 22.9 Å². The van der Waals surface area contributed by atoms with Gasteiger partial charge in [0.05, 0.1) is 5.69 Å². The molecule has 0 aliphatic carbocycles. The Morgan fingerprint density at radius 2 is 2.04 bits per heavy atom. The van der Waals surface area contributed by atoms with Crippen molar-refractivity contribution in [2.24, 2.45) is 0 Å². The standard InChI is InChI=1S/C20H20N2O6/c1-13-10-14(27-12-20(25)26)6-7-15(13)21-18(23)8-9-22-16-4-2-3-5-17(16)28-11-19(22)24/h2-7,10H,8-9,11-12H2,1H3,(H,21,23)(H,25,26). The fraction of sp³-hybridized carbons (Fsp3) is 0.250. The summed E-state index contributed by atoms with van der Waals surface area (Å²) >= 11 is 0. The second-order valence-electron chi connectivity index (χ2n) is 6.26. The van der Waals surface area contributed by atoms with Crippen LogP contribution < -0.4 is 19.7 Å². The number of anilines is 2. The van der Waals surface area contributed by atoms with E-state index in [1.165, 1.54) is 0 Å². The summed E-state index contributed by atoms with van der Waals surface area (Å²) in [6, 6.07) is 12.1. The highest BCUT2D eigenvalue weighted by Gasteiger charge is 2.25. The third-order valence-corrected chi connectivity index (χ3v) is 4.20. The molecule has 8 nitrogen and oxygen atoms in total. The van der Waals surface area contributed by atoms with E-state index in [0.717, 1.165) is 5.56 Å². The highest BCUT2D eigenvalue weighted by Crippen LogP contribution is 2.31. The molecule has 2 aromatic rings. The van der Waals surface area contributed by atoms with Crippen molar-refractivity contribution in [3.63, 3.8) is 0 Å². The third kappa shape index (κ3) is 4.59. The summed E-state index contributed by atoms with van der Waals surface area (Å²) in [7, 11) is 0. The molecule has 0 bridgehead atoms. The van der Waals surface area contributed by atoms with Gasteiger partial charge in [-0.05, 0) is 42.8 Å². The Morgan fingerprint density at radius 1 is 1.25 bits per heavy atom. The molecule has 2 N–H and O–H groups in total. The number of hydrogen-bond acceptors (Lipinski definition) is 5. The van der Waals surface area contributed by atoms with Crippen LogP contribution in [0.15, 0.2) is 42.5 Å². The van der Waals surface area contributed by atoms with Crippen molar-refractivity contribution < 1.29 is 29.0 Å². The number of nitrogens with one attached hydrogen (secondary N) is 1. The van der Waals surface area contributed by atoms with Gasteiger partial charge in [-0.2, -0.15) is 0 Å². The number of nitrogens with zero attached hydrogens (tertiary/aromatic N) is 1. The fourth-order valence-electron chi connectivity index (χ4n) is 2.84. The van der Waals surface area contributed by atoms with Crippen LogP contribution in [0.25, 0.3) is 0 Å². The van der Waals surface area contributed by atoms with Gasteiger partial charge in [0.15, 0.2) is 13.2 Å². The van der Waals surface area contributed by atoms with Gasteiger partial charge in [-0.3, -0.25) is 9.59 Å². The largest absolute Gasteiger partial charge is 0.482 e. The van der Waals surface area contributed by atoms with Gasteiger partial charge in [-0.25, -0.2) is 4.79 Å². The summed E-state index contributed by atoms with van der Waals surface area (Å²) < 4.78 is 10.5. The molecule has 0 aromatic heterocycles. The molecular weight excluding hydrogens is 364 g/mol. The van der Waals surface area contributed by atoms with Gasteiger partial charge in [0, 0.05) is 18.7 Å². The van der Waals surface area contributed by atoms with Crippen LogP contribution in [0.3, 0.4) is 0 Å². The molecule has 8 heteroatoms. The Kier molecular flexibility index (Phi) is 5.78. The minimum absolute atomic E-state index is 0.0461. The Balaban J connectivity index is 1.59. The van der Waals surface area contributed by atoms with Crippen molar-refractivity contribution in [1.29, 1.82) is 0 Å². The highest BCUT2D eigenvalue weighted by atomic mass is 16.5. The van der Waals surface area contributed by atoms with E-state index in [4.69, 9.17) is 14.6 Å². The molecule has 1 aliphatic heterocycles. The maximum absolute atomic E-state index is 12.3. The molecule has 1 heterocycles. The van der Waals surface area contributed by atoms with Gasteiger partial charge >= 0.3 is 5.97 Å². The van der Waals surface area contributed by atoms with Gasteiger partial charge in [-0.15, -0.1) is 0 Å². The van der Waals surface area contributed by atoms with Crippen LogP contribution in [0, 0.1) is 6.92 Å². The van der Waals surface area contributed by atoms with Crippen LogP contribution in [0.4, 0.5) is 11.4 Å². The third-order valence-electron chi connectivity index (χ3n) is 4.20. The Bertz CT molecular complexity index is 911. The molecule has 28 heavy (non-hydrogen) atoms. The summed E-state index contributed by atoms with van der Waals surface area (Å²) in [6.07, 6.45) is 0.122. The summed E-state index contributed by atoms with van der Waals surface area (Å²) in [4.78, 5) is 36.6. The molecular formula is C20H20N2O6. The average molecular weight is 384 g/mol. The van der Waals surface area contributed by atoms with E-state index >= 15 is 0 Å². The second kappa shape index (κ2) is 8.43. The maximum atomic E-state index is 12.3. The van der Waals surface area contributed by atoms with Gasteiger partial charge in [0.1, 0.15) is 11.5 Å². The first kappa shape index (κ1) is 19.2. The fourth-order valence-corrected chi connectivity index (χ4v) is 2.84. The maximum Gasteiger partial charge on any atom is 0.341 e. The quantitative estimate of drug-likeness (QED) is 0.758. The van der Waals surface area contributed by atoms with Gasteiger partial charge in [0.25, 0.3) is 5.91 Å². The lowest BCUT2D eigenvalue weighted by molar-refractivity contribution is -0.139. The van der Waals surface area contributed by atoms with E-state index in [9.17, 15) is 14.4 Å². The number of rotatable bonds is 7. The molecule has 3 rings (SSSR count). The first-order chi connectivity index (χ1) is 13.4. The molecule has 2 aromatic carbocycles. The Hall–Kier alpha value is -3.55. The first-order valence-electron chi connectivity index (χ1n) is 8.71. The number of fused-ring (bicyclic) bond motifs is 1. The molecule has 0 unspecified atom stereocenters. The average Bonchev–Trinajstić information content (AvgIpc) is 2.67. The number of carboxylic acid groups (broad SMARTS) is 1. The van der Waals surface area contributed by atoms with Crippen LogP contribution in [0.5, 0.6) is 11.5 Å². The zero-order valence-corrected chi connectivity index (χ0v) is 15.3. The second-order valence-corrected chi connectivity index (χ2v) is 6.26. The predicted molar refractivity (Wildman–Crippen MR) is 102 cm³/mol. The number of ether oxygens (including phenoxy) is 2. The lowest BCUT2D eigenvalue weighted by Gasteiger charge is -2.29. The number of hydrogen-bond donors (Lipinski definition) is 2. The van der Waals surface area contributed by atoms with E-state index < -0.39 is 12.6 Å². The molecule has 0 atom stereocenters. The van der Waals surface area contributed by atoms with Crippen LogP contribution >= 0.6 is 0 Å². The van der Waals surface area contributed by atoms with Crippen molar-refractivity contribution in [3.05, 3.63) is 48.0 Å². The normalized spacial score (nSPS) is 12.8. The van der Waals surface area contributed by atoms with E-state index in [1.807, 2.05) is 12.1 Å². The summed E-state index contributed by atoms with van der Waals surface area (Å²) in [6.45, 7) is 1.55. The predicted octanol–water partition coefficient (Wildman–Crippen LogP) is 2.21. The topological polar surface area (TPSA) is 105 Å². The number of carbonyl (C=O) groups is 3. The zero-order chi connectivity index (χ0) is 20.1. The molecule has 0 radical (unpaired) electrons.